The number of piperidine rings is 1. The van der Waals surface area contributed by atoms with E-state index in [-0.39, 0.29) is 5.91 Å². The van der Waals surface area contributed by atoms with Gasteiger partial charge in [-0.15, -0.1) is 0 Å². The normalized spacial score (nSPS) is 19.3. The molecule has 0 radical (unpaired) electrons. The predicted molar refractivity (Wildman–Crippen MR) is 78.2 cm³/mol. The minimum absolute atomic E-state index is 0.230. The molecule has 6 heteroatoms. The third kappa shape index (κ3) is 3.17. The van der Waals surface area contributed by atoms with Gasteiger partial charge in [0.05, 0.1) is 5.56 Å². The van der Waals surface area contributed by atoms with Gasteiger partial charge in [0, 0.05) is 15.5 Å². The molecule has 1 N–H and O–H groups in total. The number of carboxylic acid groups (broad SMARTS) is 1. The fourth-order valence-corrected chi connectivity index (χ4v) is 3.47. The highest BCUT2D eigenvalue weighted by molar-refractivity contribution is 9.11. The number of likely N-dealkylation sites (tertiary alicyclic amines) is 1. The van der Waals surface area contributed by atoms with Crippen molar-refractivity contribution in [3.8, 4) is 0 Å². The Morgan fingerprint density at radius 2 is 2.00 bits per heavy atom. The molecular formula is C13H13Br2NO3. The minimum Gasteiger partial charge on any atom is -0.480 e. The number of carboxylic acids is 1. The standard InChI is InChI=1S/C13H13Br2NO3/c14-8-4-5-9(10(15)7-8)12(17)16-6-2-1-3-11(16)13(18)19/h4-5,7,11H,1-3,6H2,(H,18,19)/t11-/m1/s1. The summed E-state index contributed by atoms with van der Waals surface area (Å²) in [6, 6.07) is 4.55. The Kier molecular flexibility index (Phi) is 4.62. The van der Waals surface area contributed by atoms with Crippen LogP contribution in [0.5, 0.6) is 0 Å². The van der Waals surface area contributed by atoms with Crippen LogP contribution in [0.15, 0.2) is 27.1 Å². The highest BCUT2D eigenvalue weighted by Crippen LogP contribution is 2.26. The molecular weight excluding hydrogens is 378 g/mol. The van der Waals surface area contributed by atoms with Gasteiger partial charge in [-0.1, -0.05) is 15.9 Å². The van der Waals surface area contributed by atoms with Crippen molar-refractivity contribution in [2.24, 2.45) is 0 Å². The van der Waals surface area contributed by atoms with Crippen LogP contribution >= 0.6 is 31.9 Å². The van der Waals surface area contributed by atoms with Crippen molar-refractivity contribution in [3.63, 3.8) is 0 Å². The van der Waals surface area contributed by atoms with E-state index < -0.39 is 12.0 Å². The number of nitrogens with zero attached hydrogens (tertiary/aromatic N) is 1. The van der Waals surface area contributed by atoms with Gasteiger partial charge in [0.15, 0.2) is 0 Å². The average molecular weight is 391 g/mol. The molecule has 0 aromatic heterocycles. The number of hydrogen-bond donors (Lipinski definition) is 1. The van der Waals surface area contributed by atoms with Crippen molar-refractivity contribution >= 4 is 43.7 Å². The molecule has 0 unspecified atom stereocenters. The Balaban J connectivity index is 2.28. The van der Waals surface area contributed by atoms with Crippen LogP contribution in [0.25, 0.3) is 0 Å². The van der Waals surface area contributed by atoms with Gasteiger partial charge < -0.3 is 10.0 Å². The molecule has 1 aromatic carbocycles. The zero-order chi connectivity index (χ0) is 14.0. The van der Waals surface area contributed by atoms with E-state index in [0.717, 1.165) is 17.3 Å². The first-order valence-corrected chi connectivity index (χ1v) is 7.58. The van der Waals surface area contributed by atoms with E-state index in [9.17, 15) is 14.7 Å². The first-order chi connectivity index (χ1) is 9.00. The fraction of sp³-hybridized carbons (Fsp3) is 0.385. The van der Waals surface area contributed by atoms with Gasteiger partial charge in [0.25, 0.3) is 5.91 Å². The highest BCUT2D eigenvalue weighted by Gasteiger charge is 2.33. The number of rotatable bonds is 2. The monoisotopic (exact) mass is 389 g/mol. The van der Waals surface area contributed by atoms with Gasteiger partial charge in [0.2, 0.25) is 0 Å². The quantitative estimate of drug-likeness (QED) is 0.842. The van der Waals surface area contributed by atoms with Crippen LogP contribution in [0.2, 0.25) is 0 Å². The predicted octanol–water partition coefficient (Wildman–Crippen LogP) is 3.29. The Morgan fingerprint density at radius 1 is 1.26 bits per heavy atom. The Hall–Kier alpha value is -0.880. The van der Waals surface area contributed by atoms with Gasteiger partial charge in [-0.3, -0.25) is 4.79 Å². The molecule has 0 saturated carbocycles. The van der Waals surface area contributed by atoms with E-state index in [1.54, 1.807) is 18.2 Å². The molecule has 0 bridgehead atoms. The maximum atomic E-state index is 12.5. The maximum absolute atomic E-state index is 12.5. The third-order valence-corrected chi connectivity index (χ3v) is 4.36. The molecule has 2 rings (SSSR count). The summed E-state index contributed by atoms with van der Waals surface area (Å²) in [5.41, 5.74) is 0.497. The SMILES string of the molecule is O=C(O)[C@H]1CCCCN1C(=O)c1ccc(Br)cc1Br. The van der Waals surface area contributed by atoms with E-state index in [4.69, 9.17) is 0 Å². The molecule has 0 aliphatic carbocycles. The van der Waals surface area contributed by atoms with Crippen molar-refractivity contribution in [1.29, 1.82) is 0 Å². The van der Waals surface area contributed by atoms with Crippen LogP contribution in [0, 0.1) is 0 Å². The minimum atomic E-state index is -0.929. The van der Waals surface area contributed by atoms with Gasteiger partial charge in [0.1, 0.15) is 6.04 Å². The van der Waals surface area contributed by atoms with Gasteiger partial charge in [-0.05, 0) is 53.4 Å². The molecule has 0 spiro atoms. The molecule has 1 atom stereocenters. The Labute approximate surface area is 128 Å². The summed E-state index contributed by atoms with van der Waals surface area (Å²) >= 11 is 6.67. The van der Waals surface area contributed by atoms with E-state index in [0.29, 0.717) is 23.0 Å². The van der Waals surface area contributed by atoms with Crippen molar-refractivity contribution in [2.75, 3.05) is 6.54 Å². The van der Waals surface area contributed by atoms with E-state index in [2.05, 4.69) is 31.9 Å². The van der Waals surface area contributed by atoms with Gasteiger partial charge in [-0.2, -0.15) is 0 Å². The summed E-state index contributed by atoms with van der Waals surface area (Å²) in [6.45, 7) is 0.498. The molecule has 4 nitrogen and oxygen atoms in total. The third-order valence-electron chi connectivity index (χ3n) is 3.21. The van der Waals surface area contributed by atoms with Crippen LogP contribution in [-0.2, 0) is 4.79 Å². The zero-order valence-electron chi connectivity index (χ0n) is 10.1. The van der Waals surface area contributed by atoms with Crippen molar-refractivity contribution in [2.45, 2.75) is 25.3 Å². The number of benzene rings is 1. The average Bonchev–Trinajstić information content (AvgIpc) is 2.38. The Bertz CT molecular complexity index is 519. The van der Waals surface area contributed by atoms with Crippen LogP contribution < -0.4 is 0 Å². The maximum Gasteiger partial charge on any atom is 0.326 e. The molecule has 1 saturated heterocycles. The number of carbonyl (C=O) groups is 2. The molecule has 1 aliphatic heterocycles. The number of carbonyl (C=O) groups excluding carboxylic acids is 1. The second kappa shape index (κ2) is 6.05. The topological polar surface area (TPSA) is 57.6 Å². The van der Waals surface area contributed by atoms with Crippen LogP contribution in [0.3, 0.4) is 0 Å². The second-order valence-corrected chi connectivity index (χ2v) is 6.24. The van der Waals surface area contributed by atoms with E-state index in [1.165, 1.54) is 4.90 Å². The molecule has 1 aliphatic rings. The summed E-state index contributed by atoms with van der Waals surface area (Å²) in [5.74, 6) is -1.16. The smallest absolute Gasteiger partial charge is 0.326 e. The highest BCUT2D eigenvalue weighted by atomic mass is 79.9. The second-order valence-electron chi connectivity index (χ2n) is 4.47. The van der Waals surface area contributed by atoms with Crippen molar-refractivity contribution in [3.05, 3.63) is 32.7 Å². The lowest BCUT2D eigenvalue weighted by Gasteiger charge is -2.33. The molecule has 1 amide bonds. The number of halogens is 2. The molecule has 1 fully saturated rings. The number of aliphatic carboxylic acids is 1. The summed E-state index contributed by atoms with van der Waals surface area (Å²) in [5, 5.41) is 9.20. The lowest BCUT2D eigenvalue weighted by molar-refractivity contribution is -0.143. The molecule has 102 valence electrons. The zero-order valence-corrected chi connectivity index (χ0v) is 13.3. The van der Waals surface area contributed by atoms with Gasteiger partial charge >= 0.3 is 5.97 Å². The lowest BCUT2D eigenvalue weighted by Crippen LogP contribution is -2.48. The number of hydrogen-bond acceptors (Lipinski definition) is 2. The largest absolute Gasteiger partial charge is 0.480 e. The summed E-state index contributed by atoms with van der Waals surface area (Å²) in [7, 11) is 0. The number of amides is 1. The van der Waals surface area contributed by atoms with Crippen LogP contribution in [0.1, 0.15) is 29.6 Å². The summed E-state index contributed by atoms with van der Waals surface area (Å²) in [4.78, 5) is 25.1. The lowest BCUT2D eigenvalue weighted by atomic mass is 10.0. The molecule has 1 heterocycles. The molecule has 19 heavy (non-hydrogen) atoms. The van der Waals surface area contributed by atoms with Crippen molar-refractivity contribution < 1.29 is 14.7 Å². The first-order valence-electron chi connectivity index (χ1n) is 5.99. The van der Waals surface area contributed by atoms with Crippen LogP contribution in [-0.4, -0.2) is 34.5 Å². The summed E-state index contributed by atoms with van der Waals surface area (Å²) in [6.07, 6.45) is 2.22. The Morgan fingerprint density at radius 3 is 2.63 bits per heavy atom. The molecule has 1 aromatic rings. The fourth-order valence-electron chi connectivity index (χ4n) is 2.25. The van der Waals surface area contributed by atoms with E-state index in [1.807, 2.05) is 0 Å². The van der Waals surface area contributed by atoms with Gasteiger partial charge in [-0.25, -0.2) is 4.79 Å². The van der Waals surface area contributed by atoms with Crippen molar-refractivity contribution in [1.82, 2.24) is 4.90 Å². The summed E-state index contributed by atoms with van der Waals surface area (Å²) < 4.78 is 1.53. The van der Waals surface area contributed by atoms with E-state index >= 15 is 0 Å². The first kappa shape index (κ1) is 14.5. The van der Waals surface area contributed by atoms with Crippen LogP contribution in [0.4, 0.5) is 0 Å².